The Morgan fingerprint density at radius 3 is 2.68 bits per heavy atom. The largest absolute Gasteiger partial charge is 0.346 e. The fourth-order valence-corrected chi connectivity index (χ4v) is 2.31. The lowest BCUT2D eigenvalue weighted by atomic mass is 9.92. The molecule has 1 N–H and O–H groups in total. The number of aromatic nitrogens is 1. The zero-order valence-electron chi connectivity index (χ0n) is 12.0. The summed E-state index contributed by atoms with van der Waals surface area (Å²) in [5, 5.41) is 5.55. The van der Waals surface area contributed by atoms with Gasteiger partial charge in [-0.2, -0.15) is 0 Å². The minimum atomic E-state index is 0.403. The zero-order chi connectivity index (χ0) is 13.9. The molecule has 2 rings (SSSR count). The summed E-state index contributed by atoms with van der Waals surface area (Å²) in [7, 11) is 0. The molecule has 19 heavy (non-hydrogen) atoms. The Balaban J connectivity index is 1.86. The number of halogens is 1. The van der Waals surface area contributed by atoms with Crippen LogP contribution in [0, 0.1) is 5.41 Å². The van der Waals surface area contributed by atoms with Gasteiger partial charge in [-0.25, -0.2) is 0 Å². The first-order chi connectivity index (χ1) is 8.96. The molecule has 0 aliphatic carbocycles. The number of hydrogen-bond donors (Lipinski definition) is 1. The molecule has 0 amide bonds. The topological polar surface area (TPSA) is 17.0 Å². The second kappa shape index (κ2) is 5.98. The van der Waals surface area contributed by atoms with Crippen molar-refractivity contribution in [3.63, 3.8) is 0 Å². The lowest BCUT2D eigenvalue weighted by Crippen LogP contribution is -2.24. The highest BCUT2D eigenvalue weighted by atomic mass is 35.5. The van der Waals surface area contributed by atoms with Gasteiger partial charge in [0, 0.05) is 29.8 Å². The molecule has 0 aliphatic rings. The van der Waals surface area contributed by atoms with Crippen LogP contribution in [0.1, 0.15) is 27.2 Å². The average molecular weight is 279 g/mol. The third-order valence-corrected chi connectivity index (χ3v) is 3.55. The van der Waals surface area contributed by atoms with Crippen molar-refractivity contribution >= 4 is 22.5 Å². The first kappa shape index (κ1) is 14.4. The van der Waals surface area contributed by atoms with Gasteiger partial charge in [0.2, 0.25) is 0 Å². The Labute approximate surface area is 120 Å². The van der Waals surface area contributed by atoms with E-state index in [9.17, 15) is 0 Å². The Kier molecular flexibility index (Phi) is 4.54. The first-order valence-electron chi connectivity index (χ1n) is 6.91. The Bertz CT molecular complexity index is 537. The smallest absolute Gasteiger partial charge is 0.0495 e. The van der Waals surface area contributed by atoms with E-state index in [1.54, 1.807) is 0 Å². The normalized spacial score (nSPS) is 12.2. The number of rotatable bonds is 5. The minimum absolute atomic E-state index is 0.403. The molecule has 2 nitrogen and oxygen atoms in total. The third kappa shape index (κ3) is 4.26. The van der Waals surface area contributed by atoms with Crippen LogP contribution in [0.4, 0.5) is 0 Å². The van der Waals surface area contributed by atoms with Crippen LogP contribution >= 0.6 is 11.6 Å². The summed E-state index contributed by atoms with van der Waals surface area (Å²) in [5.74, 6) is 0. The SMILES string of the molecule is CC(C)(C)CCNCCn1ccc2ccc(Cl)cc21. The molecule has 1 aromatic carbocycles. The van der Waals surface area contributed by atoms with Crippen LogP contribution in [0.3, 0.4) is 0 Å². The van der Waals surface area contributed by atoms with Gasteiger partial charge in [-0.3, -0.25) is 0 Å². The molecule has 0 bridgehead atoms. The fourth-order valence-electron chi connectivity index (χ4n) is 2.14. The van der Waals surface area contributed by atoms with E-state index in [-0.39, 0.29) is 0 Å². The molecule has 2 aromatic rings. The maximum Gasteiger partial charge on any atom is 0.0495 e. The molecule has 3 heteroatoms. The van der Waals surface area contributed by atoms with Crippen molar-refractivity contribution in [1.82, 2.24) is 9.88 Å². The van der Waals surface area contributed by atoms with Gasteiger partial charge in [0.25, 0.3) is 0 Å². The van der Waals surface area contributed by atoms with Crippen LogP contribution in [0.5, 0.6) is 0 Å². The third-order valence-electron chi connectivity index (χ3n) is 3.32. The predicted molar refractivity (Wildman–Crippen MR) is 83.9 cm³/mol. The quantitative estimate of drug-likeness (QED) is 0.806. The van der Waals surface area contributed by atoms with E-state index in [1.807, 2.05) is 12.1 Å². The highest BCUT2D eigenvalue weighted by Crippen LogP contribution is 2.20. The zero-order valence-corrected chi connectivity index (χ0v) is 12.8. The lowest BCUT2D eigenvalue weighted by Gasteiger charge is -2.18. The minimum Gasteiger partial charge on any atom is -0.346 e. The van der Waals surface area contributed by atoms with E-state index in [1.165, 1.54) is 17.3 Å². The number of benzene rings is 1. The van der Waals surface area contributed by atoms with E-state index < -0.39 is 0 Å². The monoisotopic (exact) mass is 278 g/mol. The second-order valence-electron chi connectivity index (χ2n) is 6.27. The van der Waals surface area contributed by atoms with Crippen molar-refractivity contribution in [2.75, 3.05) is 13.1 Å². The maximum absolute atomic E-state index is 6.05. The maximum atomic E-state index is 6.05. The van der Waals surface area contributed by atoms with Crippen molar-refractivity contribution in [1.29, 1.82) is 0 Å². The van der Waals surface area contributed by atoms with Crippen molar-refractivity contribution in [2.24, 2.45) is 5.41 Å². The van der Waals surface area contributed by atoms with Crippen molar-refractivity contribution in [3.8, 4) is 0 Å². The van der Waals surface area contributed by atoms with Crippen LogP contribution in [0.2, 0.25) is 5.02 Å². The van der Waals surface area contributed by atoms with Crippen LogP contribution in [-0.4, -0.2) is 17.7 Å². The average Bonchev–Trinajstić information content (AvgIpc) is 2.70. The molecule has 0 atom stereocenters. The van der Waals surface area contributed by atoms with Gasteiger partial charge < -0.3 is 9.88 Å². The van der Waals surface area contributed by atoms with Crippen LogP contribution in [-0.2, 0) is 6.54 Å². The number of hydrogen-bond acceptors (Lipinski definition) is 1. The van der Waals surface area contributed by atoms with E-state index in [4.69, 9.17) is 11.6 Å². The summed E-state index contributed by atoms with van der Waals surface area (Å²) in [4.78, 5) is 0. The fraction of sp³-hybridized carbons (Fsp3) is 0.500. The predicted octanol–water partition coefficient (Wildman–Crippen LogP) is 4.32. The van der Waals surface area contributed by atoms with Crippen molar-refractivity contribution in [2.45, 2.75) is 33.7 Å². The molecule has 1 heterocycles. The van der Waals surface area contributed by atoms with E-state index in [0.29, 0.717) is 5.41 Å². The van der Waals surface area contributed by atoms with Crippen molar-refractivity contribution in [3.05, 3.63) is 35.5 Å². The highest BCUT2D eigenvalue weighted by molar-refractivity contribution is 6.31. The molecule has 0 saturated heterocycles. The molecule has 0 unspecified atom stereocenters. The summed E-state index contributed by atoms with van der Waals surface area (Å²) >= 11 is 6.05. The molecular formula is C16H23ClN2. The Morgan fingerprint density at radius 1 is 1.16 bits per heavy atom. The van der Waals surface area contributed by atoms with E-state index >= 15 is 0 Å². The first-order valence-corrected chi connectivity index (χ1v) is 7.29. The van der Waals surface area contributed by atoms with Crippen LogP contribution < -0.4 is 5.32 Å². The van der Waals surface area contributed by atoms with E-state index in [2.05, 4.69) is 49.0 Å². The molecule has 0 aliphatic heterocycles. The van der Waals surface area contributed by atoms with Gasteiger partial charge in [-0.05, 0) is 42.0 Å². The van der Waals surface area contributed by atoms with Gasteiger partial charge in [0.15, 0.2) is 0 Å². The number of nitrogens with one attached hydrogen (secondary N) is 1. The Morgan fingerprint density at radius 2 is 1.95 bits per heavy atom. The summed E-state index contributed by atoms with van der Waals surface area (Å²) in [5.41, 5.74) is 1.62. The molecule has 0 spiro atoms. The number of fused-ring (bicyclic) bond motifs is 1. The van der Waals surface area contributed by atoms with Gasteiger partial charge in [0.05, 0.1) is 0 Å². The Hall–Kier alpha value is -0.990. The lowest BCUT2D eigenvalue weighted by molar-refractivity contribution is 0.365. The van der Waals surface area contributed by atoms with Crippen molar-refractivity contribution < 1.29 is 0 Å². The summed E-state index contributed by atoms with van der Waals surface area (Å²) in [6, 6.07) is 8.18. The molecule has 104 valence electrons. The van der Waals surface area contributed by atoms with Crippen LogP contribution in [0.15, 0.2) is 30.5 Å². The van der Waals surface area contributed by atoms with E-state index in [0.717, 1.165) is 24.7 Å². The summed E-state index contributed by atoms with van der Waals surface area (Å²) in [6.45, 7) is 9.87. The van der Waals surface area contributed by atoms with Gasteiger partial charge in [0.1, 0.15) is 0 Å². The summed E-state index contributed by atoms with van der Waals surface area (Å²) in [6.07, 6.45) is 3.33. The van der Waals surface area contributed by atoms with Gasteiger partial charge in [-0.1, -0.05) is 38.4 Å². The molecule has 0 saturated carbocycles. The van der Waals surface area contributed by atoms with Gasteiger partial charge >= 0.3 is 0 Å². The molecule has 0 radical (unpaired) electrons. The molecule has 1 aromatic heterocycles. The summed E-state index contributed by atoms with van der Waals surface area (Å²) < 4.78 is 2.26. The van der Waals surface area contributed by atoms with Gasteiger partial charge in [-0.15, -0.1) is 0 Å². The standard InChI is InChI=1S/C16H23ClN2/c1-16(2,3)7-8-18-9-11-19-10-6-13-4-5-14(17)12-15(13)19/h4-6,10,12,18H,7-9,11H2,1-3H3. The molecular weight excluding hydrogens is 256 g/mol. The number of nitrogens with zero attached hydrogens (tertiary/aromatic N) is 1. The highest BCUT2D eigenvalue weighted by Gasteiger charge is 2.08. The second-order valence-corrected chi connectivity index (χ2v) is 6.71. The molecule has 0 fully saturated rings. The van der Waals surface area contributed by atoms with Crippen LogP contribution in [0.25, 0.3) is 10.9 Å².